The van der Waals surface area contributed by atoms with Gasteiger partial charge in [-0.2, -0.15) is 0 Å². The van der Waals surface area contributed by atoms with E-state index >= 15 is 0 Å². The van der Waals surface area contributed by atoms with Crippen LogP contribution < -0.4 is 4.90 Å². The largest absolute Gasteiger partial charge is 0.371 e. The van der Waals surface area contributed by atoms with E-state index < -0.39 is 0 Å². The molecule has 0 radical (unpaired) electrons. The van der Waals surface area contributed by atoms with E-state index in [-0.39, 0.29) is 0 Å². The van der Waals surface area contributed by atoms with Gasteiger partial charge >= 0.3 is 0 Å². The van der Waals surface area contributed by atoms with Gasteiger partial charge in [0.2, 0.25) is 0 Å². The van der Waals surface area contributed by atoms with Crippen LogP contribution in [0.2, 0.25) is 0 Å². The highest BCUT2D eigenvalue weighted by molar-refractivity contribution is 6.15. The number of nitrogens with one attached hydrogen (secondary N) is 1. The maximum atomic E-state index is 8.80. The molecule has 0 unspecified atom stereocenters. The van der Waals surface area contributed by atoms with Gasteiger partial charge in [0.15, 0.2) is 0 Å². The van der Waals surface area contributed by atoms with Crippen LogP contribution in [0.3, 0.4) is 0 Å². The molecule has 0 aromatic heterocycles. The Hall–Kier alpha value is -2.09. The third-order valence-corrected chi connectivity index (χ3v) is 4.55. The molecule has 2 nitrogen and oxygen atoms in total. The quantitative estimate of drug-likeness (QED) is 0.821. The molecule has 2 aromatic carbocycles. The molecule has 1 fully saturated rings. The van der Waals surface area contributed by atoms with E-state index in [0.717, 1.165) is 24.2 Å². The Morgan fingerprint density at radius 3 is 2.18 bits per heavy atom. The van der Waals surface area contributed by atoms with Crippen molar-refractivity contribution < 1.29 is 0 Å². The number of hydrogen-bond donors (Lipinski definition) is 1. The van der Waals surface area contributed by atoms with Crippen molar-refractivity contribution in [3.8, 4) is 0 Å². The zero-order valence-electron chi connectivity index (χ0n) is 13.7. The van der Waals surface area contributed by atoms with E-state index in [4.69, 9.17) is 5.41 Å². The van der Waals surface area contributed by atoms with Gasteiger partial charge < -0.3 is 4.90 Å². The fourth-order valence-corrected chi connectivity index (χ4v) is 3.63. The maximum absolute atomic E-state index is 8.80. The Morgan fingerprint density at radius 2 is 1.55 bits per heavy atom. The highest BCUT2D eigenvalue weighted by Gasteiger charge is 2.19. The van der Waals surface area contributed by atoms with Crippen LogP contribution >= 0.6 is 0 Å². The molecule has 2 heteroatoms. The van der Waals surface area contributed by atoms with Crippen LogP contribution in [0.1, 0.15) is 40.7 Å². The van der Waals surface area contributed by atoms with Crippen molar-refractivity contribution in [1.82, 2.24) is 0 Å². The number of benzene rings is 2. The lowest BCUT2D eigenvalue weighted by atomic mass is 9.91. The molecule has 0 saturated carbocycles. The lowest BCUT2D eigenvalue weighted by Gasteiger charge is -2.23. The van der Waals surface area contributed by atoms with Crippen LogP contribution in [0.5, 0.6) is 0 Å². The molecule has 1 aliphatic rings. The molecule has 1 saturated heterocycles. The highest BCUT2D eigenvalue weighted by atomic mass is 15.1. The molecular formula is C20H24N2. The predicted octanol–water partition coefficient (Wildman–Crippen LogP) is 4.63. The summed E-state index contributed by atoms with van der Waals surface area (Å²) in [6, 6.07) is 12.7. The summed E-state index contributed by atoms with van der Waals surface area (Å²) in [4.78, 5) is 2.42. The molecule has 1 heterocycles. The summed E-state index contributed by atoms with van der Waals surface area (Å²) in [7, 11) is 0. The highest BCUT2D eigenvalue weighted by Crippen LogP contribution is 2.28. The SMILES string of the molecule is Cc1cc(C)c(C(=N)c2ccccc2N2CCCC2)c(C)c1. The first-order chi connectivity index (χ1) is 10.6. The van der Waals surface area contributed by atoms with E-state index in [1.165, 1.54) is 35.2 Å². The smallest absolute Gasteiger partial charge is 0.0710 e. The Labute approximate surface area is 133 Å². The molecule has 1 N–H and O–H groups in total. The van der Waals surface area contributed by atoms with Crippen molar-refractivity contribution in [2.45, 2.75) is 33.6 Å². The van der Waals surface area contributed by atoms with Gasteiger partial charge in [0.25, 0.3) is 0 Å². The number of aryl methyl sites for hydroxylation is 3. The third kappa shape index (κ3) is 2.66. The van der Waals surface area contributed by atoms with Crippen molar-refractivity contribution in [2.75, 3.05) is 18.0 Å². The lowest BCUT2D eigenvalue weighted by Crippen LogP contribution is -2.21. The first kappa shape index (κ1) is 14.8. The number of nitrogens with zero attached hydrogens (tertiary/aromatic N) is 1. The summed E-state index contributed by atoms with van der Waals surface area (Å²) in [6.07, 6.45) is 2.51. The standard InChI is InChI=1S/C20H24N2/c1-14-12-15(2)19(16(3)13-14)20(21)17-8-4-5-9-18(17)22-10-6-7-11-22/h4-5,8-9,12-13,21H,6-7,10-11H2,1-3H3. The molecule has 1 aliphatic heterocycles. The molecule has 0 spiro atoms. The molecular weight excluding hydrogens is 268 g/mol. The maximum Gasteiger partial charge on any atom is 0.0710 e. The number of rotatable bonds is 3. The van der Waals surface area contributed by atoms with E-state index in [9.17, 15) is 0 Å². The lowest BCUT2D eigenvalue weighted by molar-refractivity contribution is 0.949. The number of para-hydroxylation sites is 1. The van der Waals surface area contributed by atoms with Crippen molar-refractivity contribution in [1.29, 1.82) is 5.41 Å². The molecule has 114 valence electrons. The van der Waals surface area contributed by atoms with Crippen LogP contribution in [-0.4, -0.2) is 18.8 Å². The zero-order chi connectivity index (χ0) is 15.7. The molecule has 0 aliphatic carbocycles. The number of hydrogen-bond acceptors (Lipinski definition) is 2. The van der Waals surface area contributed by atoms with Gasteiger partial charge in [0, 0.05) is 29.9 Å². The molecule has 22 heavy (non-hydrogen) atoms. The average Bonchev–Trinajstić information content (AvgIpc) is 3.00. The van der Waals surface area contributed by atoms with E-state index in [2.05, 4.69) is 56.0 Å². The van der Waals surface area contributed by atoms with Gasteiger partial charge in [-0.1, -0.05) is 35.9 Å². The zero-order valence-corrected chi connectivity index (χ0v) is 13.7. The predicted molar refractivity (Wildman–Crippen MR) is 94.5 cm³/mol. The fraction of sp³-hybridized carbons (Fsp3) is 0.350. The van der Waals surface area contributed by atoms with Gasteiger partial charge in [0.1, 0.15) is 0 Å². The minimum Gasteiger partial charge on any atom is -0.371 e. The molecule has 0 bridgehead atoms. The minimum atomic E-state index is 0.650. The van der Waals surface area contributed by atoms with Crippen molar-refractivity contribution in [3.05, 3.63) is 64.2 Å². The van der Waals surface area contributed by atoms with Gasteiger partial charge in [0.05, 0.1) is 5.71 Å². The fourth-order valence-electron chi connectivity index (χ4n) is 3.63. The summed E-state index contributed by atoms with van der Waals surface area (Å²) >= 11 is 0. The second-order valence-electron chi connectivity index (χ2n) is 6.36. The van der Waals surface area contributed by atoms with Crippen LogP contribution in [0.25, 0.3) is 0 Å². The normalized spacial score (nSPS) is 14.4. The third-order valence-electron chi connectivity index (χ3n) is 4.55. The topological polar surface area (TPSA) is 27.1 Å². The Morgan fingerprint density at radius 1 is 0.955 bits per heavy atom. The van der Waals surface area contributed by atoms with E-state index in [1.807, 2.05) is 6.07 Å². The van der Waals surface area contributed by atoms with E-state index in [1.54, 1.807) is 0 Å². The number of anilines is 1. The van der Waals surface area contributed by atoms with Crippen molar-refractivity contribution >= 4 is 11.4 Å². The first-order valence-electron chi connectivity index (χ1n) is 8.09. The van der Waals surface area contributed by atoms with Crippen LogP contribution in [0.15, 0.2) is 36.4 Å². The average molecular weight is 292 g/mol. The second-order valence-corrected chi connectivity index (χ2v) is 6.36. The Kier molecular flexibility index (Phi) is 4.02. The summed E-state index contributed by atoms with van der Waals surface area (Å²) in [5.41, 5.74) is 7.65. The summed E-state index contributed by atoms with van der Waals surface area (Å²) in [5.74, 6) is 0. The summed E-state index contributed by atoms with van der Waals surface area (Å²) in [6.45, 7) is 8.56. The Bertz CT molecular complexity index is 686. The Balaban J connectivity index is 2.07. The van der Waals surface area contributed by atoms with Gasteiger partial charge in [-0.25, -0.2) is 0 Å². The molecule has 2 aromatic rings. The summed E-state index contributed by atoms with van der Waals surface area (Å²) < 4.78 is 0. The van der Waals surface area contributed by atoms with Crippen molar-refractivity contribution in [2.24, 2.45) is 0 Å². The van der Waals surface area contributed by atoms with Gasteiger partial charge in [-0.3, -0.25) is 5.41 Å². The van der Waals surface area contributed by atoms with Crippen LogP contribution in [0.4, 0.5) is 5.69 Å². The molecule has 0 atom stereocenters. The van der Waals surface area contributed by atoms with Gasteiger partial charge in [-0.15, -0.1) is 0 Å². The van der Waals surface area contributed by atoms with Crippen molar-refractivity contribution in [3.63, 3.8) is 0 Å². The van der Waals surface area contributed by atoms with E-state index in [0.29, 0.717) is 5.71 Å². The molecule has 3 rings (SSSR count). The molecule has 0 amide bonds. The van der Waals surface area contributed by atoms with Gasteiger partial charge in [-0.05, 0) is 50.8 Å². The second kappa shape index (κ2) is 5.96. The summed E-state index contributed by atoms with van der Waals surface area (Å²) in [5, 5.41) is 8.80. The van der Waals surface area contributed by atoms with Crippen LogP contribution in [-0.2, 0) is 0 Å². The monoisotopic (exact) mass is 292 g/mol. The minimum absolute atomic E-state index is 0.650. The first-order valence-corrected chi connectivity index (χ1v) is 8.09. The van der Waals surface area contributed by atoms with Crippen LogP contribution in [0, 0.1) is 26.2 Å².